The molecule has 2 aliphatic rings. The van der Waals surface area contributed by atoms with E-state index >= 15 is 0 Å². The fraction of sp³-hybridized carbons (Fsp3) is 0.385. The fourth-order valence-corrected chi connectivity index (χ4v) is 5.57. The molecule has 0 atom stereocenters. The van der Waals surface area contributed by atoms with Crippen LogP contribution in [-0.4, -0.2) is 45.0 Å². The molecule has 0 aromatic heterocycles. The number of carbonyl (C=O) groups excluding carboxylic acids is 2. The molecule has 2 aliphatic heterocycles. The summed E-state index contributed by atoms with van der Waals surface area (Å²) in [7, 11) is 0. The number of amides is 2. The van der Waals surface area contributed by atoms with Crippen molar-refractivity contribution in [1.29, 1.82) is 0 Å². The molecule has 0 radical (unpaired) electrons. The molecule has 9 heteroatoms. The van der Waals surface area contributed by atoms with Gasteiger partial charge in [-0.05, 0) is 93.8 Å². The second-order valence-electron chi connectivity index (χ2n) is 9.43. The highest BCUT2D eigenvalue weighted by Crippen LogP contribution is 2.38. The predicted octanol–water partition coefficient (Wildman–Crippen LogP) is 6.80. The van der Waals surface area contributed by atoms with E-state index in [9.17, 15) is 9.59 Å². The maximum Gasteiger partial charge on any atom is 0.309 e. The molecule has 0 saturated carbocycles. The number of thioether (sulfide) groups is 1. The van der Waals surface area contributed by atoms with Crippen molar-refractivity contribution in [2.75, 3.05) is 11.4 Å². The first-order valence-corrected chi connectivity index (χ1v) is 13.1. The van der Waals surface area contributed by atoms with Crippen LogP contribution in [0.5, 0.6) is 0 Å². The van der Waals surface area contributed by atoms with Crippen LogP contribution in [0.3, 0.4) is 0 Å². The molecule has 4 rings (SSSR count). The minimum absolute atomic E-state index is 0.0913. The van der Waals surface area contributed by atoms with Gasteiger partial charge in [0.2, 0.25) is 5.91 Å². The highest BCUT2D eigenvalue weighted by Gasteiger charge is 2.39. The molecule has 0 unspecified atom stereocenters. The van der Waals surface area contributed by atoms with Gasteiger partial charge in [-0.1, -0.05) is 29.3 Å². The first-order chi connectivity index (χ1) is 16.5. The average Bonchev–Trinajstić information content (AvgIpc) is 2.77. The standard InChI is InChI=1S/C26H28Cl2N4O2S/c1-15(2)29-24(19-8-10-20(27)21(28)14-19)31-12-6-7-17-13-18(9-11-22(17)31)23-26(4,5)35-25(34)32(30-23)16(3)33/h8-11,13-15H,6-7,12H2,1-5H3. The number of benzene rings is 2. The number of aryl methyl sites for hydroxylation is 1. The van der Waals surface area contributed by atoms with Gasteiger partial charge in [0.15, 0.2) is 0 Å². The van der Waals surface area contributed by atoms with Gasteiger partial charge in [0.05, 0.1) is 20.5 Å². The molecule has 2 heterocycles. The van der Waals surface area contributed by atoms with Gasteiger partial charge in [0.1, 0.15) is 5.84 Å². The Labute approximate surface area is 220 Å². The van der Waals surface area contributed by atoms with Crippen LogP contribution in [0.2, 0.25) is 10.0 Å². The summed E-state index contributed by atoms with van der Waals surface area (Å²) in [6.07, 6.45) is 1.86. The van der Waals surface area contributed by atoms with Crippen molar-refractivity contribution in [2.24, 2.45) is 10.1 Å². The number of hydrogen-bond acceptors (Lipinski definition) is 5. The molecule has 2 aromatic carbocycles. The van der Waals surface area contributed by atoms with E-state index in [1.807, 2.05) is 32.0 Å². The molecule has 0 spiro atoms. The SMILES string of the molecule is CC(=O)N1N=C(c2ccc3c(c2)CCCN3C(=NC(C)C)c2ccc(Cl)c(Cl)c2)C(C)(C)SC1=O. The number of aliphatic imine (C=N–C) groups is 1. The average molecular weight is 532 g/mol. The molecule has 2 aromatic rings. The largest absolute Gasteiger partial charge is 0.326 e. The Morgan fingerprint density at radius 3 is 2.54 bits per heavy atom. The number of amidine groups is 1. The third-order valence-corrected chi connectivity index (χ3v) is 7.66. The second kappa shape index (κ2) is 9.96. The molecule has 0 fully saturated rings. The van der Waals surface area contributed by atoms with E-state index in [1.54, 1.807) is 6.07 Å². The van der Waals surface area contributed by atoms with E-state index in [4.69, 9.17) is 28.2 Å². The number of carbonyl (C=O) groups is 2. The second-order valence-corrected chi connectivity index (χ2v) is 11.8. The number of hydrogen-bond donors (Lipinski definition) is 0. The topological polar surface area (TPSA) is 65.3 Å². The van der Waals surface area contributed by atoms with E-state index in [1.165, 1.54) is 12.5 Å². The Kier molecular flexibility index (Phi) is 7.32. The third-order valence-electron chi connectivity index (χ3n) is 5.87. The summed E-state index contributed by atoms with van der Waals surface area (Å²) in [4.78, 5) is 31.5. The number of halogens is 2. The maximum absolute atomic E-state index is 12.4. The summed E-state index contributed by atoms with van der Waals surface area (Å²) >= 11 is 13.6. The summed E-state index contributed by atoms with van der Waals surface area (Å²) in [6, 6.07) is 11.9. The van der Waals surface area contributed by atoms with Crippen LogP contribution in [0.4, 0.5) is 10.5 Å². The van der Waals surface area contributed by atoms with Crippen molar-refractivity contribution >= 4 is 63.3 Å². The highest BCUT2D eigenvalue weighted by atomic mass is 35.5. The number of imide groups is 1. The van der Waals surface area contributed by atoms with Crippen LogP contribution in [0.15, 0.2) is 46.5 Å². The molecule has 0 aliphatic carbocycles. The van der Waals surface area contributed by atoms with Gasteiger partial charge >= 0.3 is 5.24 Å². The van der Waals surface area contributed by atoms with Crippen molar-refractivity contribution in [2.45, 2.75) is 58.2 Å². The molecule has 0 N–H and O–H groups in total. The summed E-state index contributed by atoms with van der Waals surface area (Å²) in [5.74, 6) is 0.460. The maximum atomic E-state index is 12.4. The summed E-state index contributed by atoms with van der Waals surface area (Å²) in [5.41, 5.74) is 4.76. The lowest BCUT2D eigenvalue weighted by molar-refractivity contribution is -0.125. The zero-order valence-electron chi connectivity index (χ0n) is 20.4. The van der Waals surface area contributed by atoms with Crippen LogP contribution in [0.1, 0.15) is 57.7 Å². The van der Waals surface area contributed by atoms with Crippen molar-refractivity contribution in [3.05, 3.63) is 63.1 Å². The minimum atomic E-state index is -0.560. The zero-order chi connectivity index (χ0) is 25.5. The molecule has 2 amide bonds. The van der Waals surface area contributed by atoms with Crippen LogP contribution < -0.4 is 4.90 Å². The lowest BCUT2D eigenvalue weighted by Crippen LogP contribution is -2.43. The van der Waals surface area contributed by atoms with Gasteiger partial charge in [-0.15, -0.1) is 0 Å². The van der Waals surface area contributed by atoms with E-state index in [0.717, 1.165) is 58.8 Å². The molecule has 184 valence electrons. The quantitative estimate of drug-likeness (QED) is 0.323. The molecular weight excluding hydrogens is 503 g/mol. The van der Waals surface area contributed by atoms with Crippen molar-refractivity contribution < 1.29 is 9.59 Å². The molecule has 0 saturated heterocycles. The summed E-state index contributed by atoms with van der Waals surface area (Å²) < 4.78 is -0.560. The first kappa shape index (κ1) is 25.7. The molecular formula is C26H28Cl2N4O2S. The van der Waals surface area contributed by atoms with E-state index in [0.29, 0.717) is 15.8 Å². The van der Waals surface area contributed by atoms with Gasteiger partial charge < -0.3 is 4.90 Å². The first-order valence-electron chi connectivity index (χ1n) is 11.5. The number of hydrazone groups is 1. The van der Waals surface area contributed by atoms with Crippen LogP contribution in [-0.2, 0) is 11.2 Å². The van der Waals surface area contributed by atoms with Gasteiger partial charge in [0, 0.05) is 30.8 Å². The van der Waals surface area contributed by atoms with Gasteiger partial charge in [-0.25, -0.2) is 0 Å². The molecule has 6 nitrogen and oxygen atoms in total. The number of anilines is 1. The number of fused-ring (bicyclic) bond motifs is 1. The number of rotatable bonds is 3. The van der Waals surface area contributed by atoms with Crippen molar-refractivity contribution in [1.82, 2.24) is 5.01 Å². The monoisotopic (exact) mass is 530 g/mol. The fourth-order valence-electron chi connectivity index (χ4n) is 4.32. The normalized spacial score (nSPS) is 18.0. The third kappa shape index (κ3) is 5.27. The predicted molar refractivity (Wildman–Crippen MR) is 146 cm³/mol. The van der Waals surface area contributed by atoms with E-state index in [2.05, 4.69) is 36.0 Å². The van der Waals surface area contributed by atoms with Crippen molar-refractivity contribution in [3.63, 3.8) is 0 Å². The minimum Gasteiger partial charge on any atom is -0.326 e. The van der Waals surface area contributed by atoms with Crippen LogP contribution in [0.25, 0.3) is 0 Å². The Morgan fingerprint density at radius 1 is 1.14 bits per heavy atom. The lowest BCUT2D eigenvalue weighted by Gasteiger charge is -2.35. The Balaban J connectivity index is 1.78. The van der Waals surface area contributed by atoms with Crippen LogP contribution in [0, 0.1) is 0 Å². The number of nitrogens with zero attached hydrogens (tertiary/aromatic N) is 4. The van der Waals surface area contributed by atoms with E-state index in [-0.39, 0.29) is 11.3 Å². The van der Waals surface area contributed by atoms with E-state index < -0.39 is 10.7 Å². The zero-order valence-corrected chi connectivity index (χ0v) is 22.8. The van der Waals surface area contributed by atoms with Crippen LogP contribution >= 0.6 is 35.0 Å². The Hall–Kier alpha value is -2.35. The Bertz CT molecular complexity index is 1260. The smallest absolute Gasteiger partial charge is 0.309 e. The van der Waals surface area contributed by atoms with Crippen molar-refractivity contribution in [3.8, 4) is 0 Å². The Morgan fingerprint density at radius 2 is 1.89 bits per heavy atom. The summed E-state index contributed by atoms with van der Waals surface area (Å²) in [5, 5.41) is 6.06. The molecule has 35 heavy (non-hydrogen) atoms. The lowest BCUT2D eigenvalue weighted by atomic mass is 9.93. The van der Waals surface area contributed by atoms with Gasteiger partial charge in [-0.3, -0.25) is 14.6 Å². The summed E-state index contributed by atoms with van der Waals surface area (Å²) in [6.45, 7) is 10.2. The molecule has 0 bridgehead atoms. The van der Waals surface area contributed by atoms with Gasteiger partial charge in [0.25, 0.3) is 0 Å². The van der Waals surface area contributed by atoms with Gasteiger partial charge in [-0.2, -0.15) is 10.1 Å². The highest BCUT2D eigenvalue weighted by molar-refractivity contribution is 8.15.